The van der Waals surface area contributed by atoms with Gasteiger partial charge in [0.25, 0.3) is 0 Å². The van der Waals surface area contributed by atoms with E-state index in [1.54, 1.807) is 7.11 Å². The summed E-state index contributed by atoms with van der Waals surface area (Å²) in [6.45, 7) is 1.32. The van der Waals surface area contributed by atoms with Gasteiger partial charge in [0.15, 0.2) is 0 Å². The molecule has 2 aromatic rings. The zero-order valence-electron chi connectivity index (χ0n) is 12.4. The molecule has 4 N–H and O–H groups in total. The fraction of sp³-hybridized carbons (Fsp3) is 0.294. The lowest BCUT2D eigenvalue weighted by Gasteiger charge is -2.05. The van der Waals surface area contributed by atoms with E-state index in [9.17, 15) is 0 Å². The average molecular weight is 307 g/mol. The van der Waals surface area contributed by atoms with Crippen molar-refractivity contribution in [2.75, 3.05) is 20.2 Å². The molecule has 0 spiro atoms. The highest BCUT2D eigenvalue weighted by atomic mass is 35.5. The molecule has 0 fully saturated rings. The van der Waals surface area contributed by atoms with Crippen LogP contribution in [-0.4, -0.2) is 20.2 Å². The van der Waals surface area contributed by atoms with E-state index in [0.717, 1.165) is 29.2 Å². The molecule has 0 atom stereocenters. The van der Waals surface area contributed by atoms with Crippen molar-refractivity contribution in [1.29, 1.82) is 0 Å². The molecule has 0 bridgehead atoms. The number of ether oxygens (including phenoxy) is 1. The minimum absolute atomic E-state index is 0.656. The summed E-state index contributed by atoms with van der Waals surface area (Å²) in [6, 6.07) is 15.7. The summed E-state index contributed by atoms with van der Waals surface area (Å²) in [7, 11) is 1.68. The predicted octanol–water partition coefficient (Wildman–Crippen LogP) is 3.04. The van der Waals surface area contributed by atoms with Gasteiger partial charge < -0.3 is 16.2 Å². The van der Waals surface area contributed by atoms with Crippen molar-refractivity contribution in [3.8, 4) is 5.75 Å². The van der Waals surface area contributed by atoms with Crippen LogP contribution in [0.25, 0.3) is 0 Å². The standard InChI is InChI=1S/C9H13NO.C8H10ClN/c1-11-9-5-3-2-4-8(9)6-7-10;9-8-4-2-1-3-7(8)5-6-10/h2-5H,6-7,10H2,1H3;1-4H,5-6,10H2. The molecule has 0 aromatic heterocycles. The van der Waals surface area contributed by atoms with Gasteiger partial charge >= 0.3 is 0 Å². The van der Waals surface area contributed by atoms with E-state index < -0.39 is 0 Å². The molecule has 2 aromatic carbocycles. The van der Waals surface area contributed by atoms with Crippen molar-refractivity contribution in [2.24, 2.45) is 11.5 Å². The largest absolute Gasteiger partial charge is 0.496 e. The molecule has 0 saturated heterocycles. The zero-order valence-corrected chi connectivity index (χ0v) is 13.1. The monoisotopic (exact) mass is 306 g/mol. The van der Waals surface area contributed by atoms with Gasteiger partial charge in [-0.05, 0) is 49.2 Å². The highest BCUT2D eigenvalue weighted by Gasteiger charge is 1.98. The van der Waals surface area contributed by atoms with Gasteiger partial charge in [0, 0.05) is 5.02 Å². The van der Waals surface area contributed by atoms with Crippen molar-refractivity contribution >= 4 is 11.6 Å². The van der Waals surface area contributed by atoms with E-state index in [4.69, 9.17) is 27.8 Å². The Morgan fingerprint density at radius 2 is 1.38 bits per heavy atom. The lowest BCUT2D eigenvalue weighted by molar-refractivity contribution is 0.410. The number of benzene rings is 2. The second kappa shape index (κ2) is 10.2. The molecule has 0 radical (unpaired) electrons. The summed E-state index contributed by atoms with van der Waals surface area (Å²) >= 11 is 5.85. The topological polar surface area (TPSA) is 61.3 Å². The second-order valence-electron chi connectivity index (χ2n) is 4.48. The third-order valence-electron chi connectivity index (χ3n) is 2.98. The van der Waals surface area contributed by atoms with Crippen LogP contribution in [0.5, 0.6) is 5.75 Å². The SMILES string of the molecule is COc1ccccc1CCN.NCCc1ccccc1Cl. The molecular formula is C17H23ClN2O. The quantitative estimate of drug-likeness (QED) is 0.892. The zero-order chi connectivity index (χ0) is 15.5. The average Bonchev–Trinajstić information content (AvgIpc) is 2.51. The van der Waals surface area contributed by atoms with Crippen LogP contribution >= 0.6 is 11.6 Å². The van der Waals surface area contributed by atoms with Crippen LogP contribution in [0, 0.1) is 0 Å². The molecule has 0 aliphatic rings. The molecule has 2 rings (SSSR count). The van der Waals surface area contributed by atoms with Crippen LogP contribution < -0.4 is 16.2 Å². The Morgan fingerprint density at radius 1 is 0.857 bits per heavy atom. The molecule has 0 aliphatic carbocycles. The smallest absolute Gasteiger partial charge is 0.122 e. The molecular weight excluding hydrogens is 284 g/mol. The molecule has 21 heavy (non-hydrogen) atoms. The summed E-state index contributed by atoms with van der Waals surface area (Å²) in [5, 5.41) is 0.813. The minimum atomic E-state index is 0.656. The molecule has 0 amide bonds. The summed E-state index contributed by atoms with van der Waals surface area (Å²) < 4.78 is 5.14. The Bertz CT molecular complexity index is 532. The summed E-state index contributed by atoms with van der Waals surface area (Å²) in [4.78, 5) is 0. The molecule has 0 heterocycles. The van der Waals surface area contributed by atoms with Gasteiger partial charge in [0.05, 0.1) is 7.11 Å². The number of halogens is 1. The van der Waals surface area contributed by atoms with Crippen LogP contribution in [0.2, 0.25) is 5.02 Å². The highest BCUT2D eigenvalue weighted by Crippen LogP contribution is 2.16. The Hall–Kier alpha value is -1.55. The van der Waals surface area contributed by atoms with Crippen molar-refractivity contribution in [3.05, 3.63) is 64.7 Å². The Labute approximate surface area is 131 Å². The van der Waals surface area contributed by atoms with Gasteiger partial charge in [-0.2, -0.15) is 0 Å². The molecule has 3 nitrogen and oxygen atoms in total. The third kappa shape index (κ3) is 6.17. The van der Waals surface area contributed by atoms with Gasteiger partial charge in [0.2, 0.25) is 0 Å². The Morgan fingerprint density at radius 3 is 1.95 bits per heavy atom. The van der Waals surface area contributed by atoms with Gasteiger partial charge in [-0.3, -0.25) is 0 Å². The maximum atomic E-state index is 5.85. The van der Waals surface area contributed by atoms with Crippen molar-refractivity contribution in [1.82, 2.24) is 0 Å². The maximum absolute atomic E-state index is 5.85. The first-order valence-electron chi connectivity index (χ1n) is 6.98. The fourth-order valence-corrected chi connectivity index (χ4v) is 2.15. The Kier molecular flexibility index (Phi) is 8.51. The normalized spacial score (nSPS) is 9.71. The number of hydrogen-bond acceptors (Lipinski definition) is 3. The van der Waals surface area contributed by atoms with Gasteiger partial charge in [0.1, 0.15) is 5.75 Å². The summed E-state index contributed by atoms with van der Waals surface area (Å²) in [5.41, 5.74) is 13.1. The second-order valence-corrected chi connectivity index (χ2v) is 4.89. The van der Waals surface area contributed by atoms with Crippen LogP contribution in [0.4, 0.5) is 0 Å². The van der Waals surface area contributed by atoms with Gasteiger partial charge in [-0.15, -0.1) is 0 Å². The first kappa shape index (κ1) is 17.5. The first-order chi connectivity index (χ1) is 10.2. The van der Waals surface area contributed by atoms with Crippen molar-refractivity contribution < 1.29 is 4.74 Å². The van der Waals surface area contributed by atoms with Crippen molar-refractivity contribution in [2.45, 2.75) is 12.8 Å². The number of para-hydroxylation sites is 1. The molecule has 0 aliphatic heterocycles. The van der Waals surface area contributed by atoms with Gasteiger partial charge in [-0.25, -0.2) is 0 Å². The minimum Gasteiger partial charge on any atom is -0.496 e. The Balaban J connectivity index is 0.000000211. The summed E-state index contributed by atoms with van der Waals surface area (Å²) in [6.07, 6.45) is 1.74. The van der Waals surface area contributed by atoms with E-state index in [1.807, 2.05) is 48.5 Å². The van der Waals surface area contributed by atoms with E-state index >= 15 is 0 Å². The molecule has 0 saturated carbocycles. The molecule has 114 valence electrons. The van der Waals surface area contributed by atoms with E-state index in [0.29, 0.717) is 13.1 Å². The molecule has 0 unspecified atom stereocenters. The summed E-state index contributed by atoms with van der Waals surface area (Å²) in [5.74, 6) is 0.929. The van der Waals surface area contributed by atoms with E-state index in [2.05, 4.69) is 0 Å². The number of rotatable bonds is 5. The third-order valence-corrected chi connectivity index (χ3v) is 3.35. The maximum Gasteiger partial charge on any atom is 0.122 e. The van der Waals surface area contributed by atoms with Crippen LogP contribution in [0.1, 0.15) is 11.1 Å². The first-order valence-corrected chi connectivity index (χ1v) is 7.36. The van der Waals surface area contributed by atoms with Crippen LogP contribution in [0.15, 0.2) is 48.5 Å². The van der Waals surface area contributed by atoms with Crippen LogP contribution in [0.3, 0.4) is 0 Å². The highest BCUT2D eigenvalue weighted by molar-refractivity contribution is 6.31. The number of methoxy groups -OCH3 is 1. The number of hydrogen-bond donors (Lipinski definition) is 2. The predicted molar refractivity (Wildman–Crippen MR) is 90.0 cm³/mol. The van der Waals surface area contributed by atoms with Crippen molar-refractivity contribution in [3.63, 3.8) is 0 Å². The van der Waals surface area contributed by atoms with E-state index in [1.165, 1.54) is 5.56 Å². The lowest BCUT2D eigenvalue weighted by Crippen LogP contribution is -2.03. The van der Waals surface area contributed by atoms with Crippen LogP contribution in [-0.2, 0) is 12.8 Å². The van der Waals surface area contributed by atoms with E-state index in [-0.39, 0.29) is 0 Å². The molecule has 4 heteroatoms. The van der Waals surface area contributed by atoms with Gasteiger partial charge in [-0.1, -0.05) is 48.0 Å². The lowest BCUT2D eigenvalue weighted by atomic mass is 10.1. The number of nitrogens with two attached hydrogens (primary N) is 2. The fourth-order valence-electron chi connectivity index (χ4n) is 1.92.